The van der Waals surface area contributed by atoms with Crippen molar-refractivity contribution in [2.45, 2.75) is 26.3 Å². The summed E-state index contributed by atoms with van der Waals surface area (Å²) in [5, 5.41) is 14.7. The Hall–Kier alpha value is -1.85. The maximum Gasteiger partial charge on any atom is 0.326 e. The van der Waals surface area contributed by atoms with Gasteiger partial charge in [0.1, 0.15) is 6.04 Å². The summed E-state index contributed by atoms with van der Waals surface area (Å²) in [7, 11) is 0. The summed E-state index contributed by atoms with van der Waals surface area (Å²) < 4.78 is 4.63. The van der Waals surface area contributed by atoms with E-state index in [0.29, 0.717) is 6.42 Å². The molecule has 0 saturated heterocycles. The standard InChI is InChI=1S/C10H14N2O4/c1-6(2)5-7(10(14)15)12-9(13)8-3-4-11-16-8/h3-4,6-7H,5H2,1-2H3,(H,12,13)(H,14,15)/t7-/m0/s1. The van der Waals surface area contributed by atoms with Crippen molar-refractivity contribution in [2.24, 2.45) is 5.92 Å². The number of nitrogens with zero attached hydrogens (tertiary/aromatic N) is 1. The number of nitrogens with one attached hydrogen (secondary N) is 1. The van der Waals surface area contributed by atoms with Crippen LogP contribution in [0.1, 0.15) is 30.8 Å². The second-order valence-corrected chi connectivity index (χ2v) is 3.87. The van der Waals surface area contributed by atoms with Crippen LogP contribution in [0.4, 0.5) is 0 Å². The SMILES string of the molecule is CC(C)C[C@H](NC(=O)c1ccno1)C(=O)O. The van der Waals surface area contributed by atoms with Gasteiger partial charge in [-0.05, 0) is 12.3 Å². The fourth-order valence-corrected chi connectivity index (χ4v) is 1.26. The number of carbonyl (C=O) groups is 2. The minimum Gasteiger partial charge on any atom is -0.480 e. The van der Waals surface area contributed by atoms with E-state index < -0.39 is 17.9 Å². The molecule has 1 amide bonds. The van der Waals surface area contributed by atoms with Gasteiger partial charge in [0.25, 0.3) is 5.91 Å². The Labute approximate surface area is 92.6 Å². The summed E-state index contributed by atoms with van der Waals surface area (Å²) in [6, 6.07) is 0.474. The van der Waals surface area contributed by atoms with Crippen LogP contribution in [0.25, 0.3) is 0 Å². The number of aliphatic carboxylic acids is 1. The zero-order valence-electron chi connectivity index (χ0n) is 9.14. The fraction of sp³-hybridized carbons (Fsp3) is 0.500. The van der Waals surface area contributed by atoms with Gasteiger partial charge in [-0.2, -0.15) is 0 Å². The molecular formula is C10H14N2O4. The Morgan fingerprint density at radius 3 is 2.69 bits per heavy atom. The molecule has 0 aliphatic heterocycles. The first-order chi connectivity index (χ1) is 7.50. The lowest BCUT2D eigenvalue weighted by Gasteiger charge is -2.15. The molecule has 1 rings (SSSR count). The van der Waals surface area contributed by atoms with E-state index >= 15 is 0 Å². The molecular weight excluding hydrogens is 212 g/mol. The molecule has 1 heterocycles. The molecule has 0 radical (unpaired) electrons. The number of amides is 1. The molecule has 1 aromatic heterocycles. The first-order valence-electron chi connectivity index (χ1n) is 4.95. The highest BCUT2D eigenvalue weighted by atomic mass is 16.5. The third-order valence-corrected chi connectivity index (χ3v) is 1.97. The van der Waals surface area contributed by atoms with Crippen molar-refractivity contribution in [2.75, 3.05) is 0 Å². The smallest absolute Gasteiger partial charge is 0.326 e. The Balaban J connectivity index is 2.62. The second-order valence-electron chi connectivity index (χ2n) is 3.87. The van der Waals surface area contributed by atoms with Crippen molar-refractivity contribution in [3.05, 3.63) is 18.0 Å². The van der Waals surface area contributed by atoms with E-state index in [9.17, 15) is 9.59 Å². The Morgan fingerprint density at radius 2 is 2.25 bits per heavy atom. The monoisotopic (exact) mass is 226 g/mol. The minimum atomic E-state index is -1.05. The van der Waals surface area contributed by atoms with Crippen LogP contribution in [0, 0.1) is 5.92 Å². The average molecular weight is 226 g/mol. The maximum atomic E-state index is 11.5. The van der Waals surface area contributed by atoms with Crippen LogP contribution in [0.3, 0.4) is 0 Å². The third kappa shape index (κ3) is 3.38. The summed E-state index contributed by atoms with van der Waals surface area (Å²) in [4.78, 5) is 22.4. The topological polar surface area (TPSA) is 92.4 Å². The normalized spacial score (nSPS) is 12.4. The van der Waals surface area contributed by atoms with E-state index in [1.807, 2.05) is 13.8 Å². The molecule has 6 nitrogen and oxygen atoms in total. The average Bonchev–Trinajstić information content (AvgIpc) is 2.68. The van der Waals surface area contributed by atoms with Crippen molar-refractivity contribution >= 4 is 11.9 Å². The van der Waals surface area contributed by atoms with E-state index in [-0.39, 0.29) is 11.7 Å². The van der Waals surface area contributed by atoms with Crippen LogP contribution < -0.4 is 5.32 Å². The molecule has 0 aliphatic rings. The summed E-state index contributed by atoms with van der Waals surface area (Å²) in [6.07, 6.45) is 1.70. The largest absolute Gasteiger partial charge is 0.480 e. The first kappa shape index (κ1) is 12.2. The zero-order valence-corrected chi connectivity index (χ0v) is 9.14. The number of carboxylic acid groups (broad SMARTS) is 1. The van der Waals surface area contributed by atoms with Gasteiger partial charge in [-0.15, -0.1) is 0 Å². The van der Waals surface area contributed by atoms with Gasteiger partial charge < -0.3 is 14.9 Å². The first-order valence-corrected chi connectivity index (χ1v) is 4.95. The summed E-state index contributed by atoms with van der Waals surface area (Å²) >= 11 is 0. The van der Waals surface area contributed by atoms with Crippen LogP contribution in [-0.2, 0) is 4.79 Å². The lowest BCUT2D eigenvalue weighted by molar-refractivity contribution is -0.139. The molecule has 0 spiro atoms. The van der Waals surface area contributed by atoms with E-state index in [1.165, 1.54) is 12.3 Å². The van der Waals surface area contributed by atoms with Crippen LogP contribution in [-0.4, -0.2) is 28.2 Å². The number of carbonyl (C=O) groups excluding carboxylic acids is 1. The van der Waals surface area contributed by atoms with Crippen LogP contribution in [0.5, 0.6) is 0 Å². The van der Waals surface area contributed by atoms with Gasteiger partial charge in [-0.25, -0.2) is 4.79 Å². The second kappa shape index (κ2) is 5.29. The highest BCUT2D eigenvalue weighted by Gasteiger charge is 2.22. The molecule has 0 aromatic carbocycles. The lowest BCUT2D eigenvalue weighted by Crippen LogP contribution is -2.41. The highest BCUT2D eigenvalue weighted by molar-refractivity contribution is 5.94. The van der Waals surface area contributed by atoms with Crippen LogP contribution in [0.2, 0.25) is 0 Å². The molecule has 1 aromatic rings. The Kier molecular flexibility index (Phi) is 4.04. The number of carboxylic acids is 1. The number of aromatic nitrogens is 1. The molecule has 0 saturated carbocycles. The number of hydrogen-bond acceptors (Lipinski definition) is 4. The van der Waals surface area contributed by atoms with Gasteiger partial charge in [-0.3, -0.25) is 4.79 Å². The van der Waals surface area contributed by atoms with Crippen molar-refractivity contribution in [3.8, 4) is 0 Å². The third-order valence-electron chi connectivity index (χ3n) is 1.97. The van der Waals surface area contributed by atoms with Gasteiger partial charge in [0.05, 0.1) is 6.20 Å². The Morgan fingerprint density at radius 1 is 1.56 bits per heavy atom. The quantitative estimate of drug-likeness (QED) is 0.778. The van der Waals surface area contributed by atoms with Crippen molar-refractivity contribution in [1.29, 1.82) is 0 Å². The molecule has 1 atom stereocenters. The van der Waals surface area contributed by atoms with E-state index in [4.69, 9.17) is 5.11 Å². The van der Waals surface area contributed by atoms with Gasteiger partial charge in [0, 0.05) is 6.07 Å². The van der Waals surface area contributed by atoms with Gasteiger partial charge >= 0.3 is 5.97 Å². The Bertz CT molecular complexity index is 359. The van der Waals surface area contributed by atoms with Crippen molar-refractivity contribution in [1.82, 2.24) is 10.5 Å². The summed E-state index contributed by atoms with van der Waals surface area (Å²) in [6.45, 7) is 3.77. The summed E-state index contributed by atoms with van der Waals surface area (Å²) in [5.41, 5.74) is 0. The van der Waals surface area contributed by atoms with E-state index in [2.05, 4.69) is 15.0 Å². The molecule has 6 heteroatoms. The van der Waals surface area contributed by atoms with E-state index in [1.54, 1.807) is 0 Å². The number of hydrogen-bond donors (Lipinski definition) is 2. The zero-order chi connectivity index (χ0) is 12.1. The fourth-order valence-electron chi connectivity index (χ4n) is 1.26. The molecule has 0 aliphatic carbocycles. The predicted octanol–water partition coefficient (Wildman–Crippen LogP) is 0.904. The minimum absolute atomic E-state index is 0.00926. The number of rotatable bonds is 5. The lowest BCUT2D eigenvalue weighted by atomic mass is 10.0. The van der Waals surface area contributed by atoms with Gasteiger partial charge in [0.15, 0.2) is 0 Å². The van der Waals surface area contributed by atoms with Crippen molar-refractivity contribution in [3.63, 3.8) is 0 Å². The van der Waals surface area contributed by atoms with Crippen LogP contribution in [0.15, 0.2) is 16.8 Å². The van der Waals surface area contributed by atoms with Gasteiger partial charge in [-0.1, -0.05) is 19.0 Å². The van der Waals surface area contributed by atoms with Crippen LogP contribution >= 0.6 is 0 Å². The van der Waals surface area contributed by atoms with Gasteiger partial charge in [0.2, 0.25) is 5.76 Å². The molecule has 0 bridgehead atoms. The molecule has 16 heavy (non-hydrogen) atoms. The molecule has 2 N–H and O–H groups in total. The highest BCUT2D eigenvalue weighted by Crippen LogP contribution is 2.06. The summed E-state index contributed by atoms with van der Waals surface area (Å²) in [5.74, 6) is -1.43. The molecule has 0 unspecified atom stereocenters. The predicted molar refractivity (Wildman–Crippen MR) is 54.8 cm³/mol. The van der Waals surface area contributed by atoms with E-state index in [0.717, 1.165) is 0 Å². The molecule has 0 fully saturated rings. The maximum absolute atomic E-state index is 11.5. The van der Waals surface area contributed by atoms with Crippen molar-refractivity contribution < 1.29 is 19.2 Å². The molecule has 88 valence electrons.